The van der Waals surface area contributed by atoms with Crippen molar-refractivity contribution in [3.05, 3.63) is 0 Å². The summed E-state index contributed by atoms with van der Waals surface area (Å²) in [5.41, 5.74) is -0.254. The fraction of sp³-hybridized carbons (Fsp3) is 0.933. The first-order valence-corrected chi connectivity index (χ1v) is 7.77. The van der Waals surface area contributed by atoms with E-state index < -0.39 is 0 Å². The second-order valence-corrected chi connectivity index (χ2v) is 5.61. The number of hydrogen-bond donors (Lipinski definition) is 2. The van der Waals surface area contributed by atoms with Crippen LogP contribution in [0.2, 0.25) is 0 Å². The van der Waals surface area contributed by atoms with E-state index in [4.69, 9.17) is 0 Å². The summed E-state index contributed by atoms with van der Waals surface area (Å²) in [5, 5.41) is 12.6. The number of nitrogens with one attached hydrogen (secondary N) is 1. The molecule has 19 heavy (non-hydrogen) atoms. The third-order valence-electron chi connectivity index (χ3n) is 4.59. The summed E-state index contributed by atoms with van der Waals surface area (Å²) in [6.07, 6.45) is 4.82. The standard InChI is InChI=1S/C15H30N2O2/c1-4-13(5-2)17(10-11-18)14(19)15(6-3)8-7-9-16-12-15/h13,16,18H,4-12H2,1-3H3. The molecule has 0 aromatic carbocycles. The lowest BCUT2D eigenvalue weighted by molar-refractivity contribution is -0.147. The van der Waals surface area contributed by atoms with E-state index in [1.54, 1.807) is 0 Å². The van der Waals surface area contributed by atoms with E-state index in [9.17, 15) is 9.90 Å². The number of nitrogens with zero attached hydrogens (tertiary/aromatic N) is 1. The molecule has 1 amide bonds. The summed E-state index contributed by atoms with van der Waals surface area (Å²) >= 11 is 0. The highest BCUT2D eigenvalue weighted by atomic mass is 16.3. The van der Waals surface area contributed by atoms with Crippen LogP contribution < -0.4 is 5.32 Å². The number of rotatable bonds is 7. The maximum Gasteiger partial charge on any atom is 0.230 e. The van der Waals surface area contributed by atoms with Gasteiger partial charge in [0.05, 0.1) is 12.0 Å². The molecule has 1 atom stereocenters. The molecule has 1 fully saturated rings. The Labute approximate surface area is 117 Å². The summed E-state index contributed by atoms with van der Waals surface area (Å²) in [7, 11) is 0. The molecule has 0 radical (unpaired) electrons. The van der Waals surface area contributed by atoms with E-state index in [-0.39, 0.29) is 24.0 Å². The molecule has 2 N–H and O–H groups in total. The monoisotopic (exact) mass is 270 g/mol. The van der Waals surface area contributed by atoms with Crippen LogP contribution in [0.15, 0.2) is 0 Å². The van der Waals surface area contributed by atoms with Crippen molar-refractivity contribution >= 4 is 5.91 Å². The average molecular weight is 270 g/mol. The maximum absolute atomic E-state index is 13.0. The van der Waals surface area contributed by atoms with Crippen molar-refractivity contribution in [2.45, 2.75) is 58.9 Å². The summed E-state index contributed by atoms with van der Waals surface area (Å²) in [6, 6.07) is 0.255. The van der Waals surface area contributed by atoms with Crippen molar-refractivity contribution in [2.75, 3.05) is 26.2 Å². The molecule has 0 aliphatic carbocycles. The van der Waals surface area contributed by atoms with Crippen LogP contribution in [-0.4, -0.2) is 48.2 Å². The van der Waals surface area contributed by atoms with Crippen LogP contribution in [0.1, 0.15) is 52.9 Å². The Morgan fingerprint density at radius 1 is 1.37 bits per heavy atom. The molecule has 1 unspecified atom stereocenters. The van der Waals surface area contributed by atoms with Gasteiger partial charge in [0.15, 0.2) is 0 Å². The van der Waals surface area contributed by atoms with Crippen molar-refractivity contribution in [3.63, 3.8) is 0 Å². The fourth-order valence-electron chi connectivity index (χ4n) is 3.20. The minimum Gasteiger partial charge on any atom is -0.395 e. The Bertz CT molecular complexity index is 271. The summed E-state index contributed by atoms with van der Waals surface area (Å²) in [4.78, 5) is 14.9. The molecule has 0 spiro atoms. The van der Waals surface area contributed by atoms with Gasteiger partial charge in [0, 0.05) is 19.1 Å². The van der Waals surface area contributed by atoms with E-state index in [2.05, 4.69) is 26.1 Å². The zero-order chi connectivity index (χ0) is 14.3. The first-order valence-electron chi connectivity index (χ1n) is 7.77. The van der Waals surface area contributed by atoms with Crippen LogP contribution in [0.25, 0.3) is 0 Å². The highest BCUT2D eigenvalue weighted by Crippen LogP contribution is 2.33. The summed E-state index contributed by atoms with van der Waals surface area (Å²) in [5.74, 6) is 0.241. The predicted octanol–water partition coefficient (Wildman–Crippen LogP) is 1.78. The van der Waals surface area contributed by atoms with E-state index in [1.165, 1.54) is 0 Å². The molecule has 112 valence electrons. The van der Waals surface area contributed by atoms with Crippen LogP contribution in [0.3, 0.4) is 0 Å². The predicted molar refractivity (Wildman–Crippen MR) is 78.0 cm³/mol. The quantitative estimate of drug-likeness (QED) is 0.741. The average Bonchev–Trinajstić information content (AvgIpc) is 2.47. The van der Waals surface area contributed by atoms with Gasteiger partial charge in [0.1, 0.15) is 0 Å². The first kappa shape index (κ1) is 16.4. The van der Waals surface area contributed by atoms with Crippen molar-refractivity contribution in [1.82, 2.24) is 10.2 Å². The molecule has 1 saturated heterocycles. The largest absolute Gasteiger partial charge is 0.395 e. The topological polar surface area (TPSA) is 52.6 Å². The van der Waals surface area contributed by atoms with Crippen molar-refractivity contribution in [2.24, 2.45) is 5.41 Å². The van der Waals surface area contributed by atoms with Gasteiger partial charge in [-0.2, -0.15) is 0 Å². The minimum atomic E-state index is -0.254. The first-order chi connectivity index (χ1) is 9.15. The van der Waals surface area contributed by atoms with Gasteiger partial charge in [-0.15, -0.1) is 0 Å². The Morgan fingerprint density at radius 3 is 2.47 bits per heavy atom. The molecule has 0 bridgehead atoms. The zero-order valence-corrected chi connectivity index (χ0v) is 12.7. The van der Waals surface area contributed by atoms with Crippen molar-refractivity contribution in [3.8, 4) is 0 Å². The molecule has 1 aliphatic heterocycles. The SMILES string of the molecule is CCC(CC)N(CCO)C(=O)C1(CC)CCCNC1. The summed E-state index contributed by atoms with van der Waals surface area (Å²) < 4.78 is 0. The number of carbonyl (C=O) groups excluding carboxylic acids is 1. The lowest BCUT2D eigenvalue weighted by Gasteiger charge is -2.42. The molecular formula is C15H30N2O2. The Hall–Kier alpha value is -0.610. The Morgan fingerprint density at radius 2 is 2.05 bits per heavy atom. The molecule has 0 aromatic heterocycles. The molecule has 1 rings (SSSR count). The van der Waals surface area contributed by atoms with Gasteiger partial charge in [-0.25, -0.2) is 0 Å². The van der Waals surface area contributed by atoms with Gasteiger partial charge in [0.25, 0.3) is 0 Å². The van der Waals surface area contributed by atoms with Crippen molar-refractivity contribution in [1.29, 1.82) is 0 Å². The molecule has 4 heteroatoms. The molecular weight excluding hydrogens is 240 g/mol. The molecule has 0 aromatic rings. The molecule has 1 heterocycles. The molecule has 1 aliphatic rings. The smallest absolute Gasteiger partial charge is 0.230 e. The number of piperidine rings is 1. The number of amides is 1. The molecule has 0 saturated carbocycles. The van der Waals surface area contributed by atoms with E-state index in [1.807, 2.05) is 4.90 Å². The van der Waals surface area contributed by atoms with E-state index in [0.29, 0.717) is 6.54 Å². The third-order valence-corrected chi connectivity index (χ3v) is 4.59. The van der Waals surface area contributed by atoms with Crippen LogP contribution in [0, 0.1) is 5.41 Å². The highest BCUT2D eigenvalue weighted by molar-refractivity contribution is 5.83. The Balaban J connectivity index is 2.89. The van der Waals surface area contributed by atoms with Gasteiger partial charge in [0.2, 0.25) is 5.91 Å². The number of hydrogen-bond acceptors (Lipinski definition) is 3. The lowest BCUT2D eigenvalue weighted by atomic mass is 9.76. The summed E-state index contributed by atoms with van der Waals surface area (Å²) in [6.45, 7) is 8.65. The van der Waals surface area contributed by atoms with Gasteiger partial charge in [-0.1, -0.05) is 20.8 Å². The van der Waals surface area contributed by atoms with Crippen molar-refractivity contribution < 1.29 is 9.90 Å². The van der Waals surface area contributed by atoms with E-state index in [0.717, 1.165) is 45.2 Å². The van der Waals surface area contributed by atoms with Gasteiger partial charge in [-0.05, 0) is 38.6 Å². The zero-order valence-electron chi connectivity index (χ0n) is 12.7. The van der Waals surface area contributed by atoms with Gasteiger partial charge >= 0.3 is 0 Å². The van der Waals surface area contributed by atoms with Gasteiger partial charge < -0.3 is 15.3 Å². The number of carbonyl (C=O) groups is 1. The lowest BCUT2D eigenvalue weighted by Crippen LogP contribution is -2.54. The molecule has 4 nitrogen and oxygen atoms in total. The third kappa shape index (κ3) is 3.69. The fourth-order valence-corrected chi connectivity index (χ4v) is 3.20. The normalized spacial score (nSPS) is 23.6. The van der Waals surface area contributed by atoms with Gasteiger partial charge in [-0.3, -0.25) is 4.79 Å². The van der Waals surface area contributed by atoms with Crippen LogP contribution in [0.4, 0.5) is 0 Å². The number of aliphatic hydroxyl groups excluding tert-OH is 1. The van der Waals surface area contributed by atoms with Crippen LogP contribution in [0.5, 0.6) is 0 Å². The second-order valence-electron chi connectivity index (χ2n) is 5.61. The second kappa shape index (κ2) is 7.85. The number of aliphatic hydroxyl groups is 1. The highest BCUT2D eigenvalue weighted by Gasteiger charge is 2.41. The van der Waals surface area contributed by atoms with Crippen LogP contribution in [-0.2, 0) is 4.79 Å². The minimum absolute atomic E-state index is 0.0511. The van der Waals surface area contributed by atoms with E-state index >= 15 is 0 Å². The van der Waals surface area contributed by atoms with Crippen LogP contribution >= 0.6 is 0 Å². The Kier molecular flexibility index (Phi) is 6.80. The maximum atomic E-state index is 13.0.